The third-order valence-electron chi connectivity index (χ3n) is 4.86. The van der Waals surface area contributed by atoms with E-state index >= 15 is 0 Å². The van der Waals surface area contributed by atoms with E-state index in [0.29, 0.717) is 18.7 Å². The topological polar surface area (TPSA) is 76.3 Å². The van der Waals surface area contributed by atoms with Crippen LogP contribution in [0, 0.1) is 12.7 Å². The van der Waals surface area contributed by atoms with E-state index in [1.165, 1.54) is 22.8 Å². The van der Waals surface area contributed by atoms with E-state index in [-0.39, 0.29) is 10.7 Å². The minimum atomic E-state index is -3.82. The van der Waals surface area contributed by atoms with Crippen molar-refractivity contribution in [2.45, 2.75) is 36.7 Å². The Hall–Kier alpha value is -2.58. The van der Waals surface area contributed by atoms with E-state index in [0.717, 1.165) is 11.1 Å². The van der Waals surface area contributed by atoms with Crippen LogP contribution < -0.4 is 0 Å². The zero-order chi connectivity index (χ0) is 19.0. The zero-order valence-corrected chi connectivity index (χ0v) is 15.4. The van der Waals surface area contributed by atoms with Gasteiger partial charge in [0.1, 0.15) is 5.82 Å². The molecule has 2 atom stereocenters. The Morgan fingerprint density at radius 2 is 1.70 bits per heavy atom. The van der Waals surface area contributed by atoms with Gasteiger partial charge in [0, 0.05) is 0 Å². The summed E-state index contributed by atoms with van der Waals surface area (Å²) in [4.78, 5) is 4.27. The molecule has 2 unspecified atom stereocenters. The quantitative estimate of drug-likeness (QED) is 0.681. The standard InChI is InChI=1S/C19H18FN3O3S/c1-13-2-8-16(9-3-13)27(24,25)23-17(14-4-6-15(20)7-5-14)10-11-18(23)19-21-12-26-22-19/h2-9,12,17-18H,10-11H2,1H3. The Morgan fingerprint density at radius 3 is 2.33 bits per heavy atom. The molecule has 1 saturated heterocycles. The number of aromatic nitrogens is 2. The summed E-state index contributed by atoms with van der Waals surface area (Å²) in [6, 6.07) is 11.7. The molecule has 2 heterocycles. The van der Waals surface area contributed by atoms with Gasteiger partial charge in [0.15, 0.2) is 5.82 Å². The fraction of sp³-hybridized carbons (Fsp3) is 0.263. The Balaban J connectivity index is 1.81. The first-order valence-electron chi connectivity index (χ1n) is 8.59. The van der Waals surface area contributed by atoms with Crippen LogP contribution in [0.5, 0.6) is 0 Å². The largest absolute Gasteiger partial charge is 0.343 e. The molecule has 4 rings (SSSR count). The van der Waals surface area contributed by atoms with E-state index in [2.05, 4.69) is 10.1 Å². The lowest BCUT2D eigenvalue weighted by atomic mass is 10.1. The van der Waals surface area contributed by atoms with E-state index in [4.69, 9.17) is 4.52 Å². The first-order chi connectivity index (χ1) is 13.0. The molecular formula is C19H18FN3O3S. The summed E-state index contributed by atoms with van der Waals surface area (Å²) in [6.07, 6.45) is 2.32. The van der Waals surface area contributed by atoms with Crippen molar-refractivity contribution in [3.8, 4) is 0 Å². The van der Waals surface area contributed by atoms with Gasteiger partial charge in [-0.2, -0.15) is 9.29 Å². The number of aryl methyl sites for hydroxylation is 1. The maximum Gasteiger partial charge on any atom is 0.244 e. The van der Waals surface area contributed by atoms with E-state index in [9.17, 15) is 12.8 Å². The average molecular weight is 387 g/mol. The second kappa shape index (κ2) is 6.86. The highest BCUT2D eigenvalue weighted by molar-refractivity contribution is 7.89. The molecule has 1 aliphatic rings. The number of halogens is 1. The van der Waals surface area contributed by atoms with Gasteiger partial charge < -0.3 is 4.52 Å². The third-order valence-corrected chi connectivity index (χ3v) is 6.79. The van der Waals surface area contributed by atoms with Crippen molar-refractivity contribution in [2.75, 3.05) is 0 Å². The van der Waals surface area contributed by atoms with Gasteiger partial charge >= 0.3 is 0 Å². The van der Waals surface area contributed by atoms with Crippen LogP contribution in [0.4, 0.5) is 4.39 Å². The van der Waals surface area contributed by atoms with Crippen molar-refractivity contribution in [2.24, 2.45) is 0 Å². The van der Waals surface area contributed by atoms with Gasteiger partial charge in [-0.25, -0.2) is 12.8 Å². The summed E-state index contributed by atoms with van der Waals surface area (Å²) >= 11 is 0. The van der Waals surface area contributed by atoms with Crippen LogP contribution in [0.1, 0.15) is 41.9 Å². The van der Waals surface area contributed by atoms with Crippen molar-refractivity contribution in [1.82, 2.24) is 14.4 Å². The molecule has 8 heteroatoms. The highest BCUT2D eigenvalue weighted by atomic mass is 32.2. The molecule has 2 aromatic carbocycles. The van der Waals surface area contributed by atoms with Gasteiger partial charge in [0.2, 0.25) is 16.4 Å². The number of rotatable bonds is 4. The SMILES string of the molecule is Cc1ccc(S(=O)(=O)N2C(c3ccc(F)cc3)CCC2c2ncon2)cc1. The Labute approximate surface area is 156 Å². The molecule has 0 aliphatic carbocycles. The molecule has 1 aromatic heterocycles. The highest BCUT2D eigenvalue weighted by Gasteiger charge is 2.45. The summed E-state index contributed by atoms with van der Waals surface area (Å²) in [5.74, 6) is -0.0327. The number of benzene rings is 2. The lowest BCUT2D eigenvalue weighted by Gasteiger charge is -2.28. The van der Waals surface area contributed by atoms with Gasteiger partial charge in [-0.3, -0.25) is 0 Å². The molecule has 0 N–H and O–H groups in total. The van der Waals surface area contributed by atoms with Crippen LogP contribution >= 0.6 is 0 Å². The molecule has 140 valence electrons. The number of sulfonamides is 1. The predicted octanol–water partition coefficient (Wildman–Crippen LogP) is 3.78. The van der Waals surface area contributed by atoms with Gasteiger partial charge in [0.05, 0.1) is 17.0 Å². The minimum Gasteiger partial charge on any atom is -0.343 e. The summed E-state index contributed by atoms with van der Waals surface area (Å²) in [7, 11) is -3.82. The summed E-state index contributed by atoms with van der Waals surface area (Å²) in [5, 5.41) is 3.86. The normalized spacial score (nSPS) is 20.8. The monoisotopic (exact) mass is 387 g/mol. The summed E-state index contributed by atoms with van der Waals surface area (Å²) in [6.45, 7) is 1.90. The van der Waals surface area contributed by atoms with Crippen molar-refractivity contribution < 1.29 is 17.3 Å². The van der Waals surface area contributed by atoms with Crippen LogP contribution in [0.25, 0.3) is 0 Å². The second-order valence-corrected chi connectivity index (χ2v) is 8.44. The van der Waals surface area contributed by atoms with Crippen molar-refractivity contribution in [1.29, 1.82) is 0 Å². The number of hydrogen-bond donors (Lipinski definition) is 0. The Kier molecular flexibility index (Phi) is 4.53. The van der Waals surface area contributed by atoms with E-state index in [1.807, 2.05) is 6.92 Å². The first kappa shape index (κ1) is 17.8. The third kappa shape index (κ3) is 3.26. The predicted molar refractivity (Wildman–Crippen MR) is 95.6 cm³/mol. The van der Waals surface area contributed by atoms with E-state index in [1.54, 1.807) is 36.4 Å². The lowest BCUT2D eigenvalue weighted by molar-refractivity contribution is 0.310. The van der Waals surface area contributed by atoms with Crippen LogP contribution in [0.2, 0.25) is 0 Å². The molecule has 27 heavy (non-hydrogen) atoms. The molecule has 6 nitrogen and oxygen atoms in total. The number of nitrogens with zero attached hydrogens (tertiary/aromatic N) is 3. The van der Waals surface area contributed by atoms with Gasteiger partial charge in [-0.15, -0.1) is 0 Å². The average Bonchev–Trinajstić information content (AvgIpc) is 3.32. The lowest BCUT2D eigenvalue weighted by Crippen LogP contribution is -2.33. The molecule has 0 bridgehead atoms. The first-order valence-corrected chi connectivity index (χ1v) is 10.0. The highest BCUT2D eigenvalue weighted by Crippen LogP contribution is 2.46. The molecule has 3 aromatic rings. The smallest absolute Gasteiger partial charge is 0.244 e. The van der Waals surface area contributed by atoms with Crippen LogP contribution in [-0.4, -0.2) is 22.9 Å². The Bertz CT molecular complexity index is 1020. The van der Waals surface area contributed by atoms with Crippen LogP contribution in [0.15, 0.2) is 64.3 Å². The molecular weight excluding hydrogens is 369 g/mol. The van der Waals surface area contributed by atoms with Gasteiger partial charge in [-0.1, -0.05) is 35.0 Å². The van der Waals surface area contributed by atoms with Gasteiger partial charge in [0.25, 0.3) is 0 Å². The van der Waals surface area contributed by atoms with Crippen molar-refractivity contribution >= 4 is 10.0 Å². The molecule has 0 saturated carbocycles. The molecule has 1 fully saturated rings. The fourth-order valence-electron chi connectivity index (χ4n) is 3.52. The summed E-state index contributed by atoms with van der Waals surface area (Å²) in [5.41, 5.74) is 1.71. The minimum absolute atomic E-state index is 0.204. The van der Waals surface area contributed by atoms with E-state index < -0.39 is 22.1 Å². The molecule has 0 amide bonds. The molecule has 0 radical (unpaired) electrons. The summed E-state index contributed by atoms with van der Waals surface area (Å²) < 4.78 is 46.5. The zero-order valence-electron chi connectivity index (χ0n) is 14.6. The maximum atomic E-state index is 13.5. The Morgan fingerprint density at radius 1 is 1.04 bits per heavy atom. The van der Waals surface area contributed by atoms with Crippen molar-refractivity contribution in [3.05, 3.63) is 77.7 Å². The molecule has 0 spiro atoms. The maximum absolute atomic E-state index is 13.5. The second-order valence-electron chi connectivity index (χ2n) is 6.60. The fourth-order valence-corrected chi connectivity index (χ4v) is 5.34. The van der Waals surface area contributed by atoms with Crippen molar-refractivity contribution in [3.63, 3.8) is 0 Å². The van der Waals surface area contributed by atoms with Crippen LogP contribution in [-0.2, 0) is 10.0 Å². The van der Waals surface area contributed by atoms with Gasteiger partial charge in [-0.05, 0) is 49.6 Å². The number of hydrogen-bond acceptors (Lipinski definition) is 5. The van der Waals surface area contributed by atoms with Crippen LogP contribution in [0.3, 0.4) is 0 Å². The molecule has 1 aliphatic heterocycles.